The number of rotatable bonds is 8. The van der Waals surface area contributed by atoms with Gasteiger partial charge in [-0.2, -0.15) is 0 Å². The summed E-state index contributed by atoms with van der Waals surface area (Å²) in [5.74, 6) is 0.843. The molecule has 23 heavy (non-hydrogen) atoms. The van der Waals surface area contributed by atoms with Crippen molar-refractivity contribution in [2.75, 3.05) is 19.8 Å². The van der Waals surface area contributed by atoms with Gasteiger partial charge in [0, 0.05) is 11.4 Å². The van der Waals surface area contributed by atoms with Crippen LogP contribution < -0.4 is 10.1 Å². The number of nitrogens with one attached hydrogen (secondary N) is 1. The molecule has 2 aromatic rings. The van der Waals surface area contributed by atoms with Crippen molar-refractivity contribution in [3.63, 3.8) is 0 Å². The van der Waals surface area contributed by atoms with Gasteiger partial charge in [-0.05, 0) is 17.9 Å². The molecule has 3 N–H and O–H groups in total. The molecule has 0 aliphatic carbocycles. The Bertz CT molecular complexity index is 597. The third kappa shape index (κ3) is 6.46. The monoisotopic (exact) mass is 319 g/mol. The average molecular weight is 319 g/mol. The van der Waals surface area contributed by atoms with Gasteiger partial charge in [0.1, 0.15) is 12.0 Å². The van der Waals surface area contributed by atoms with Gasteiger partial charge in [0.05, 0.1) is 19.8 Å². The maximum atomic E-state index is 10.3. The predicted octanol–water partition coefficient (Wildman–Crippen LogP) is 1.46. The SMILES string of the molecule is O=CCNC(CO)CCOc1cccc2ccccc12.O=CO. The molecule has 6 nitrogen and oxygen atoms in total. The number of ether oxygens (including phenoxy) is 1. The number of fused-ring (bicyclic) bond motifs is 1. The van der Waals surface area contributed by atoms with E-state index < -0.39 is 0 Å². The van der Waals surface area contributed by atoms with Crippen molar-refractivity contribution >= 4 is 23.5 Å². The van der Waals surface area contributed by atoms with Crippen molar-refractivity contribution in [1.82, 2.24) is 5.32 Å². The van der Waals surface area contributed by atoms with Crippen LogP contribution in [-0.2, 0) is 9.59 Å². The zero-order valence-electron chi connectivity index (χ0n) is 12.7. The molecule has 124 valence electrons. The number of carbonyl (C=O) groups excluding carboxylic acids is 1. The summed E-state index contributed by atoms with van der Waals surface area (Å²) < 4.78 is 5.79. The summed E-state index contributed by atoms with van der Waals surface area (Å²) in [7, 11) is 0. The maximum Gasteiger partial charge on any atom is 0.290 e. The lowest BCUT2D eigenvalue weighted by atomic mass is 10.1. The highest BCUT2D eigenvalue weighted by molar-refractivity contribution is 5.88. The van der Waals surface area contributed by atoms with Crippen LogP contribution in [0.25, 0.3) is 10.8 Å². The van der Waals surface area contributed by atoms with Crippen molar-refractivity contribution in [3.05, 3.63) is 42.5 Å². The molecule has 0 aliphatic rings. The van der Waals surface area contributed by atoms with E-state index in [9.17, 15) is 9.90 Å². The van der Waals surface area contributed by atoms with E-state index in [1.54, 1.807) is 0 Å². The molecule has 6 heteroatoms. The van der Waals surface area contributed by atoms with Crippen LogP contribution in [0.2, 0.25) is 0 Å². The fourth-order valence-electron chi connectivity index (χ4n) is 2.11. The molecular weight excluding hydrogens is 298 g/mol. The molecule has 1 atom stereocenters. The third-order valence-corrected chi connectivity index (χ3v) is 3.18. The number of aldehydes is 1. The molecule has 2 rings (SSSR count). The summed E-state index contributed by atoms with van der Waals surface area (Å²) in [6.07, 6.45) is 1.43. The molecule has 0 saturated heterocycles. The zero-order valence-corrected chi connectivity index (χ0v) is 12.7. The van der Waals surface area contributed by atoms with Crippen LogP contribution in [0.5, 0.6) is 5.75 Å². The molecule has 1 unspecified atom stereocenters. The fourth-order valence-corrected chi connectivity index (χ4v) is 2.11. The normalized spacial score (nSPS) is 11.2. The Kier molecular flexibility index (Phi) is 9.04. The Labute approximate surface area is 134 Å². The van der Waals surface area contributed by atoms with E-state index in [2.05, 4.69) is 5.32 Å². The minimum absolute atomic E-state index is 0.00720. The van der Waals surface area contributed by atoms with Gasteiger partial charge < -0.3 is 25.1 Å². The van der Waals surface area contributed by atoms with Crippen molar-refractivity contribution in [3.8, 4) is 5.75 Å². The summed E-state index contributed by atoms with van der Waals surface area (Å²) in [5, 5.41) is 21.2. The molecule has 0 amide bonds. The van der Waals surface area contributed by atoms with Crippen LogP contribution in [0.1, 0.15) is 6.42 Å². The van der Waals surface area contributed by atoms with Crippen LogP contribution in [0.15, 0.2) is 42.5 Å². The van der Waals surface area contributed by atoms with Crippen molar-refractivity contribution in [2.24, 2.45) is 0 Å². The summed E-state index contributed by atoms with van der Waals surface area (Å²) in [4.78, 5) is 18.7. The van der Waals surface area contributed by atoms with Gasteiger partial charge in [-0.1, -0.05) is 36.4 Å². The summed E-state index contributed by atoms with van der Waals surface area (Å²) in [6, 6.07) is 13.9. The number of aliphatic hydroxyl groups is 1. The zero-order chi connectivity index (χ0) is 16.9. The van der Waals surface area contributed by atoms with E-state index in [-0.39, 0.29) is 25.7 Å². The first kappa shape index (κ1) is 18.6. The van der Waals surface area contributed by atoms with Gasteiger partial charge in [0.2, 0.25) is 0 Å². The summed E-state index contributed by atoms with van der Waals surface area (Å²) in [6.45, 7) is 0.483. The Morgan fingerprint density at radius 1 is 1.13 bits per heavy atom. The highest BCUT2D eigenvalue weighted by Gasteiger charge is 2.07. The van der Waals surface area contributed by atoms with Gasteiger partial charge >= 0.3 is 0 Å². The van der Waals surface area contributed by atoms with Gasteiger partial charge in [-0.3, -0.25) is 4.79 Å². The van der Waals surface area contributed by atoms with Crippen LogP contribution in [-0.4, -0.2) is 48.8 Å². The van der Waals surface area contributed by atoms with Gasteiger partial charge in [-0.25, -0.2) is 0 Å². The number of carboxylic acid groups (broad SMARTS) is 1. The van der Waals surface area contributed by atoms with Crippen LogP contribution in [0.3, 0.4) is 0 Å². The Hall–Kier alpha value is -2.44. The smallest absolute Gasteiger partial charge is 0.290 e. The van der Waals surface area contributed by atoms with Gasteiger partial charge in [-0.15, -0.1) is 0 Å². The quantitative estimate of drug-likeness (QED) is 0.638. The molecule has 0 fully saturated rings. The molecule has 0 radical (unpaired) electrons. The Morgan fingerprint density at radius 3 is 2.52 bits per heavy atom. The Balaban J connectivity index is 0.000000816. The van der Waals surface area contributed by atoms with E-state index in [1.165, 1.54) is 0 Å². The lowest BCUT2D eigenvalue weighted by molar-refractivity contribution is -0.122. The largest absolute Gasteiger partial charge is 0.493 e. The lowest BCUT2D eigenvalue weighted by Crippen LogP contribution is -2.35. The molecule has 0 saturated carbocycles. The second-order valence-electron chi connectivity index (χ2n) is 4.67. The first-order valence-corrected chi connectivity index (χ1v) is 7.23. The highest BCUT2D eigenvalue weighted by atomic mass is 16.5. The maximum absolute atomic E-state index is 10.3. The number of carbonyl (C=O) groups is 2. The highest BCUT2D eigenvalue weighted by Crippen LogP contribution is 2.25. The number of hydrogen-bond donors (Lipinski definition) is 3. The lowest BCUT2D eigenvalue weighted by Gasteiger charge is -2.15. The molecular formula is C17H21NO5. The van der Waals surface area contributed by atoms with Gasteiger partial charge in [0.25, 0.3) is 6.47 Å². The molecule has 0 heterocycles. The first-order valence-electron chi connectivity index (χ1n) is 7.23. The van der Waals surface area contributed by atoms with E-state index in [0.717, 1.165) is 22.8 Å². The van der Waals surface area contributed by atoms with Crippen molar-refractivity contribution in [1.29, 1.82) is 0 Å². The number of benzene rings is 2. The fraction of sp³-hybridized carbons (Fsp3) is 0.294. The van der Waals surface area contributed by atoms with Crippen LogP contribution >= 0.6 is 0 Å². The molecule has 0 aliphatic heterocycles. The van der Waals surface area contributed by atoms with E-state index >= 15 is 0 Å². The standard InChI is InChI=1S/C16H19NO3.CH2O2/c18-10-9-17-14(12-19)8-11-20-16-7-3-5-13-4-1-2-6-15(13)16;2-1-3/h1-7,10,14,17,19H,8-9,11-12H2;1H,(H,2,3). The molecule has 2 aromatic carbocycles. The minimum Gasteiger partial charge on any atom is -0.493 e. The predicted molar refractivity (Wildman–Crippen MR) is 87.7 cm³/mol. The summed E-state index contributed by atoms with van der Waals surface area (Å²) in [5.41, 5.74) is 0. The second kappa shape index (κ2) is 11.2. The minimum atomic E-state index is -0.250. The number of hydrogen-bond acceptors (Lipinski definition) is 5. The van der Waals surface area contributed by atoms with Crippen molar-refractivity contribution < 1.29 is 24.5 Å². The third-order valence-electron chi connectivity index (χ3n) is 3.18. The van der Waals surface area contributed by atoms with E-state index in [1.807, 2.05) is 42.5 Å². The average Bonchev–Trinajstić information content (AvgIpc) is 2.59. The van der Waals surface area contributed by atoms with Crippen molar-refractivity contribution in [2.45, 2.75) is 12.5 Å². The first-order chi connectivity index (χ1) is 11.3. The van der Waals surface area contributed by atoms with Crippen LogP contribution in [0.4, 0.5) is 0 Å². The Morgan fingerprint density at radius 2 is 1.83 bits per heavy atom. The number of aliphatic hydroxyl groups excluding tert-OH is 1. The second-order valence-corrected chi connectivity index (χ2v) is 4.67. The van der Waals surface area contributed by atoms with Gasteiger partial charge in [0.15, 0.2) is 0 Å². The van der Waals surface area contributed by atoms with E-state index in [0.29, 0.717) is 13.0 Å². The molecule has 0 aromatic heterocycles. The topological polar surface area (TPSA) is 95.9 Å². The van der Waals surface area contributed by atoms with Crippen LogP contribution in [0, 0.1) is 0 Å². The molecule has 0 spiro atoms. The molecule has 0 bridgehead atoms. The van der Waals surface area contributed by atoms with E-state index in [4.69, 9.17) is 14.6 Å². The summed E-state index contributed by atoms with van der Waals surface area (Å²) >= 11 is 0.